The second kappa shape index (κ2) is 8.68. The zero-order valence-corrected chi connectivity index (χ0v) is 17.9. The van der Waals surface area contributed by atoms with Gasteiger partial charge in [0, 0.05) is 23.8 Å². The van der Waals surface area contributed by atoms with Crippen LogP contribution in [0.3, 0.4) is 0 Å². The van der Waals surface area contributed by atoms with Crippen molar-refractivity contribution in [2.75, 3.05) is 43.9 Å². The summed E-state index contributed by atoms with van der Waals surface area (Å²) < 4.78 is 5.39. The summed E-state index contributed by atoms with van der Waals surface area (Å²) in [5.41, 5.74) is 11.9. The van der Waals surface area contributed by atoms with Crippen LogP contribution >= 0.6 is 11.6 Å². The van der Waals surface area contributed by atoms with Crippen LogP contribution in [-0.4, -0.2) is 38.2 Å². The topological polar surface area (TPSA) is 41.7 Å². The van der Waals surface area contributed by atoms with Crippen LogP contribution in [0.1, 0.15) is 36.3 Å². The van der Waals surface area contributed by atoms with Crippen molar-refractivity contribution in [1.29, 1.82) is 0 Å². The van der Waals surface area contributed by atoms with Gasteiger partial charge in [0.1, 0.15) is 5.75 Å². The maximum absolute atomic E-state index is 6.32. The molecule has 4 rings (SSSR count). The molecule has 154 valence electrons. The van der Waals surface area contributed by atoms with Gasteiger partial charge in [-0.15, -0.1) is 0 Å². The van der Waals surface area contributed by atoms with Crippen LogP contribution in [0.15, 0.2) is 48.7 Å². The van der Waals surface area contributed by atoms with Crippen LogP contribution in [-0.2, 0) is 6.42 Å². The van der Waals surface area contributed by atoms with Gasteiger partial charge in [0.05, 0.1) is 18.5 Å². The SMILES string of the molecule is C=C(CN1CCC(c2cccc(OC)c2)CC1)N1CCCc2cc(Cl)cc(N)c21. The summed E-state index contributed by atoms with van der Waals surface area (Å²) >= 11 is 6.21. The van der Waals surface area contributed by atoms with Crippen LogP contribution < -0.4 is 15.4 Å². The number of fused-ring (bicyclic) bond motifs is 1. The van der Waals surface area contributed by atoms with Crippen molar-refractivity contribution in [3.63, 3.8) is 0 Å². The molecule has 0 aliphatic carbocycles. The molecule has 4 nitrogen and oxygen atoms in total. The van der Waals surface area contributed by atoms with Crippen LogP contribution in [0, 0.1) is 0 Å². The Morgan fingerprint density at radius 2 is 2.00 bits per heavy atom. The first-order valence-corrected chi connectivity index (χ1v) is 10.8. The predicted octanol–water partition coefficient (Wildman–Crippen LogP) is 5.08. The van der Waals surface area contributed by atoms with Crippen molar-refractivity contribution < 1.29 is 4.74 Å². The monoisotopic (exact) mass is 411 g/mol. The lowest BCUT2D eigenvalue weighted by Crippen LogP contribution is -2.39. The molecular weight excluding hydrogens is 382 g/mol. The maximum Gasteiger partial charge on any atom is 0.119 e. The molecule has 0 amide bonds. The highest BCUT2D eigenvalue weighted by atomic mass is 35.5. The first-order chi connectivity index (χ1) is 14.0. The molecule has 0 radical (unpaired) electrons. The molecule has 2 N–H and O–H groups in total. The van der Waals surface area contributed by atoms with Crippen molar-refractivity contribution in [3.05, 3.63) is 64.8 Å². The predicted molar refractivity (Wildman–Crippen MR) is 122 cm³/mol. The van der Waals surface area contributed by atoms with Gasteiger partial charge in [0.2, 0.25) is 0 Å². The molecule has 0 spiro atoms. The van der Waals surface area contributed by atoms with E-state index in [9.17, 15) is 0 Å². The van der Waals surface area contributed by atoms with Gasteiger partial charge < -0.3 is 15.4 Å². The van der Waals surface area contributed by atoms with Crippen LogP contribution in [0.2, 0.25) is 5.02 Å². The van der Waals surface area contributed by atoms with E-state index in [4.69, 9.17) is 22.1 Å². The highest BCUT2D eigenvalue weighted by Crippen LogP contribution is 2.38. The van der Waals surface area contributed by atoms with E-state index >= 15 is 0 Å². The number of methoxy groups -OCH3 is 1. The zero-order chi connectivity index (χ0) is 20.4. The van der Waals surface area contributed by atoms with Crippen LogP contribution in [0.25, 0.3) is 0 Å². The minimum Gasteiger partial charge on any atom is -0.497 e. The van der Waals surface area contributed by atoms with Crippen LogP contribution in [0.4, 0.5) is 11.4 Å². The molecule has 29 heavy (non-hydrogen) atoms. The van der Waals surface area contributed by atoms with Gasteiger partial charge in [-0.05, 0) is 80.1 Å². The fourth-order valence-electron chi connectivity index (χ4n) is 4.72. The summed E-state index contributed by atoms with van der Waals surface area (Å²) in [6.07, 6.45) is 4.45. The minimum absolute atomic E-state index is 0.600. The molecule has 5 heteroatoms. The third-order valence-electron chi connectivity index (χ3n) is 6.22. The Balaban J connectivity index is 1.39. The zero-order valence-electron chi connectivity index (χ0n) is 17.2. The third-order valence-corrected chi connectivity index (χ3v) is 6.44. The number of hydrogen-bond donors (Lipinski definition) is 1. The maximum atomic E-state index is 6.32. The normalized spacial score (nSPS) is 17.8. The Labute approximate surface area is 178 Å². The molecule has 0 unspecified atom stereocenters. The highest BCUT2D eigenvalue weighted by Gasteiger charge is 2.25. The smallest absolute Gasteiger partial charge is 0.119 e. The largest absolute Gasteiger partial charge is 0.497 e. The lowest BCUT2D eigenvalue weighted by Gasteiger charge is -2.38. The summed E-state index contributed by atoms with van der Waals surface area (Å²) in [5.74, 6) is 1.54. The van der Waals surface area contributed by atoms with Crippen molar-refractivity contribution in [2.45, 2.75) is 31.6 Å². The first kappa shape index (κ1) is 20.1. The highest BCUT2D eigenvalue weighted by molar-refractivity contribution is 6.31. The van der Waals surface area contributed by atoms with Crippen LogP contribution in [0.5, 0.6) is 5.75 Å². The summed E-state index contributed by atoms with van der Waals surface area (Å²) in [6.45, 7) is 8.43. The average molecular weight is 412 g/mol. The number of nitrogens with two attached hydrogens (primary N) is 1. The van der Waals surface area contributed by atoms with Gasteiger partial charge in [-0.25, -0.2) is 0 Å². The van der Waals surface area contributed by atoms with Gasteiger partial charge in [-0.3, -0.25) is 4.90 Å². The van der Waals surface area contributed by atoms with Gasteiger partial charge >= 0.3 is 0 Å². The molecule has 2 aromatic rings. The Hall–Kier alpha value is -2.17. The number of anilines is 2. The standard InChI is InChI=1S/C24H30ClN3O/c1-17(28-10-4-6-20-13-21(25)15-23(26)24(20)28)16-27-11-8-18(9-12-27)19-5-3-7-22(14-19)29-2/h3,5,7,13-15,18H,1,4,6,8-12,16,26H2,2H3. The van der Waals surface area contributed by atoms with E-state index in [-0.39, 0.29) is 0 Å². The minimum atomic E-state index is 0.600. The number of piperidine rings is 1. The summed E-state index contributed by atoms with van der Waals surface area (Å²) in [5, 5.41) is 0.716. The molecule has 2 aliphatic rings. The number of nitrogens with zero attached hydrogens (tertiary/aromatic N) is 2. The van der Waals surface area contributed by atoms with E-state index in [1.54, 1.807) is 7.11 Å². The Kier molecular flexibility index (Phi) is 6.02. The van der Waals surface area contributed by atoms with Crippen molar-refractivity contribution >= 4 is 23.0 Å². The lowest BCUT2D eigenvalue weighted by atomic mass is 9.89. The number of halogens is 1. The first-order valence-electron chi connectivity index (χ1n) is 10.4. The quantitative estimate of drug-likeness (QED) is 0.697. The Morgan fingerprint density at radius 3 is 2.76 bits per heavy atom. The number of aryl methyl sites for hydroxylation is 1. The second-order valence-corrected chi connectivity index (χ2v) is 8.59. The van der Waals surface area contributed by atoms with Gasteiger partial charge in [0.15, 0.2) is 0 Å². The number of likely N-dealkylation sites (tertiary alicyclic amines) is 1. The number of ether oxygens (including phenoxy) is 1. The molecule has 1 fully saturated rings. The second-order valence-electron chi connectivity index (χ2n) is 8.15. The Morgan fingerprint density at radius 1 is 1.21 bits per heavy atom. The molecule has 1 saturated heterocycles. The van der Waals surface area contributed by atoms with Gasteiger partial charge in [0.25, 0.3) is 0 Å². The van der Waals surface area contributed by atoms with E-state index in [1.807, 2.05) is 18.2 Å². The summed E-state index contributed by atoms with van der Waals surface area (Å²) in [7, 11) is 1.73. The fourth-order valence-corrected chi connectivity index (χ4v) is 4.97. The van der Waals surface area contributed by atoms with E-state index in [0.717, 1.165) is 74.7 Å². The number of rotatable bonds is 5. The van der Waals surface area contributed by atoms with E-state index in [1.165, 1.54) is 11.1 Å². The number of hydrogen-bond acceptors (Lipinski definition) is 4. The molecule has 2 aliphatic heterocycles. The van der Waals surface area contributed by atoms with E-state index in [0.29, 0.717) is 10.9 Å². The van der Waals surface area contributed by atoms with E-state index in [2.05, 4.69) is 34.6 Å². The molecule has 0 bridgehead atoms. The Bertz CT molecular complexity index is 890. The molecule has 0 saturated carbocycles. The molecule has 0 aromatic heterocycles. The van der Waals surface area contributed by atoms with Gasteiger partial charge in [-0.2, -0.15) is 0 Å². The van der Waals surface area contributed by atoms with Crippen molar-refractivity contribution in [1.82, 2.24) is 4.90 Å². The van der Waals surface area contributed by atoms with Crippen molar-refractivity contribution in [3.8, 4) is 5.75 Å². The van der Waals surface area contributed by atoms with E-state index < -0.39 is 0 Å². The number of nitrogen functional groups attached to an aromatic ring is 1. The summed E-state index contributed by atoms with van der Waals surface area (Å²) in [4.78, 5) is 4.82. The fraction of sp³-hybridized carbons (Fsp3) is 0.417. The average Bonchev–Trinajstić information content (AvgIpc) is 2.73. The molecule has 0 atom stereocenters. The third kappa shape index (κ3) is 4.39. The van der Waals surface area contributed by atoms with Gasteiger partial charge in [-0.1, -0.05) is 30.3 Å². The molecular formula is C24H30ClN3O. The molecule has 2 heterocycles. The van der Waals surface area contributed by atoms with Crippen molar-refractivity contribution in [2.24, 2.45) is 0 Å². The lowest BCUT2D eigenvalue weighted by molar-refractivity contribution is 0.226. The number of benzene rings is 2. The summed E-state index contributed by atoms with van der Waals surface area (Å²) in [6, 6.07) is 12.4. The molecule has 2 aromatic carbocycles.